The molecule has 2 aromatic carbocycles. The summed E-state index contributed by atoms with van der Waals surface area (Å²) < 4.78 is 12.9. The second-order valence-electron chi connectivity index (χ2n) is 9.69. The minimum Gasteiger partial charge on any atom is -0.497 e. The van der Waals surface area contributed by atoms with Gasteiger partial charge in [0.15, 0.2) is 6.04 Å². The van der Waals surface area contributed by atoms with Crippen LogP contribution >= 0.6 is 0 Å². The molecular formula is C28H33N5O4. The number of carbonyl (C=O) groups excluding carboxylic acids is 2. The summed E-state index contributed by atoms with van der Waals surface area (Å²) in [6.45, 7) is 7.78. The summed E-state index contributed by atoms with van der Waals surface area (Å²) in [7, 11) is 1.59. The number of carbonyl (C=O) groups is 2. The van der Waals surface area contributed by atoms with Crippen LogP contribution in [0.15, 0.2) is 65.1 Å². The molecule has 0 fully saturated rings. The summed E-state index contributed by atoms with van der Waals surface area (Å²) in [5.74, 6) is 1.08. The van der Waals surface area contributed by atoms with E-state index in [-0.39, 0.29) is 24.9 Å². The zero-order valence-corrected chi connectivity index (χ0v) is 21.9. The van der Waals surface area contributed by atoms with Crippen LogP contribution in [0.25, 0.3) is 11.0 Å². The number of aromatic nitrogens is 3. The van der Waals surface area contributed by atoms with Gasteiger partial charge in [0.1, 0.15) is 29.3 Å². The molecular weight excluding hydrogens is 470 g/mol. The third-order valence-electron chi connectivity index (χ3n) is 6.45. The van der Waals surface area contributed by atoms with Crippen molar-refractivity contribution in [3.63, 3.8) is 0 Å². The summed E-state index contributed by atoms with van der Waals surface area (Å²) in [6, 6.07) is 17.4. The van der Waals surface area contributed by atoms with Crippen LogP contribution in [0.4, 0.5) is 0 Å². The van der Waals surface area contributed by atoms with Crippen LogP contribution in [0.5, 0.6) is 5.75 Å². The molecule has 0 aliphatic carbocycles. The molecule has 2 heterocycles. The van der Waals surface area contributed by atoms with Gasteiger partial charge in [-0.2, -0.15) is 0 Å². The molecule has 0 unspecified atom stereocenters. The number of aryl methyl sites for hydroxylation is 1. The highest BCUT2D eigenvalue weighted by atomic mass is 16.5. The van der Waals surface area contributed by atoms with Gasteiger partial charge < -0.3 is 19.4 Å². The quantitative estimate of drug-likeness (QED) is 0.344. The molecule has 9 nitrogen and oxygen atoms in total. The van der Waals surface area contributed by atoms with Crippen LogP contribution in [-0.4, -0.2) is 44.4 Å². The van der Waals surface area contributed by atoms with Gasteiger partial charge in [-0.05, 0) is 69.2 Å². The van der Waals surface area contributed by atoms with Gasteiger partial charge in [0.25, 0.3) is 5.91 Å². The van der Waals surface area contributed by atoms with Crippen molar-refractivity contribution in [1.82, 2.24) is 25.2 Å². The summed E-state index contributed by atoms with van der Waals surface area (Å²) >= 11 is 0. The van der Waals surface area contributed by atoms with Crippen LogP contribution in [0.3, 0.4) is 0 Å². The van der Waals surface area contributed by atoms with Gasteiger partial charge in [-0.25, -0.2) is 4.68 Å². The number of hydrogen-bond donors (Lipinski definition) is 1. The van der Waals surface area contributed by atoms with Crippen LogP contribution in [0.1, 0.15) is 50.3 Å². The van der Waals surface area contributed by atoms with Gasteiger partial charge in [0.05, 0.1) is 12.6 Å². The first-order valence-corrected chi connectivity index (χ1v) is 12.3. The molecule has 2 aromatic heterocycles. The van der Waals surface area contributed by atoms with Crippen LogP contribution in [0.2, 0.25) is 0 Å². The zero-order chi connectivity index (χ0) is 26.6. The molecule has 4 rings (SSSR count). The van der Waals surface area contributed by atoms with E-state index in [1.807, 2.05) is 76.2 Å². The molecule has 0 saturated heterocycles. The maximum atomic E-state index is 14.0. The number of amides is 2. The molecule has 0 saturated carbocycles. The first-order valence-electron chi connectivity index (χ1n) is 12.3. The number of nitrogens with zero attached hydrogens (tertiary/aromatic N) is 4. The molecule has 0 aliphatic heterocycles. The molecule has 0 aliphatic rings. The Hall–Kier alpha value is -4.14. The van der Waals surface area contributed by atoms with Gasteiger partial charge in [-0.1, -0.05) is 36.4 Å². The van der Waals surface area contributed by atoms with E-state index in [1.54, 1.807) is 23.9 Å². The van der Waals surface area contributed by atoms with Crippen LogP contribution in [0, 0.1) is 6.92 Å². The van der Waals surface area contributed by atoms with E-state index in [0.717, 1.165) is 17.5 Å². The largest absolute Gasteiger partial charge is 0.497 e. The number of methoxy groups -OCH3 is 1. The van der Waals surface area contributed by atoms with Crippen molar-refractivity contribution >= 4 is 22.8 Å². The van der Waals surface area contributed by atoms with Crippen molar-refractivity contribution < 1.29 is 18.7 Å². The molecule has 0 spiro atoms. The molecule has 1 N–H and O–H groups in total. The predicted molar refractivity (Wildman–Crippen MR) is 140 cm³/mol. The summed E-state index contributed by atoms with van der Waals surface area (Å²) in [5, 5.41) is 11.4. The second kappa shape index (κ2) is 10.9. The number of furan rings is 1. The number of fused-ring (bicyclic) bond motifs is 1. The van der Waals surface area contributed by atoms with Crippen molar-refractivity contribution in [2.24, 2.45) is 0 Å². The lowest BCUT2D eigenvalue weighted by Gasteiger charge is -2.33. The lowest BCUT2D eigenvalue weighted by Crippen LogP contribution is -2.50. The van der Waals surface area contributed by atoms with Gasteiger partial charge in [0.2, 0.25) is 5.91 Å². The molecule has 4 aromatic rings. The molecule has 9 heteroatoms. The highest BCUT2D eigenvalue weighted by Gasteiger charge is 2.36. The normalized spacial score (nSPS) is 12.4. The van der Waals surface area contributed by atoms with E-state index in [0.29, 0.717) is 22.8 Å². The first kappa shape index (κ1) is 25.9. The number of hydrogen-bond acceptors (Lipinski definition) is 6. The van der Waals surface area contributed by atoms with E-state index in [2.05, 4.69) is 15.6 Å². The Labute approximate surface area is 216 Å². The highest BCUT2D eigenvalue weighted by molar-refractivity contribution is 5.89. The molecule has 194 valence electrons. The van der Waals surface area contributed by atoms with E-state index in [1.165, 1.54) is 4.90 Å². The fourth-order valence-electron chi connectivity index (χ4n) is 4.06. The number of para-hydroxylation sites is 1. The highest BCUT2D eigenvalue weighted by Crippen LogP contribution is 2.28. The van der Waals surface area contributed by atoms with Crippen LogP contribution < -0.4 is 10.1 Å². The predicted octanol–water partition coefficient (Wildman–Crippen LogP) is 4.42. The molecule has 37 heavy (non-hydrogen) atoms. The number of rotatable bonds is 10. The Balaban J connectivity index is 1.76. The second-order valence-corrected chi connectivity index (χ2v) is 9.69. The Morgan fingerprint density at radius 2 is 1.92 bits per heavy atom. The number of nitrogens with one attached hydrogen (secondary N) is 1. The standard InChI is InChI=1S/C28H33N5O4/c1-6-28(3,4)29-27(35)26(24-15-14-19(2)37-24)32(17-20-10-9-11-21(16-20)36-5)25(34)18-33-23-13-8-7-12-22(23)30-31-33/h7-16,26H,6,17-18H2,1-5H3,(H,29,35)/t26-/m0/s1. The van der Waals surface area contributed by atoms with Crippen molar-refractivity contribution in [3.8, 4) is 5.75 Å². The Morgan fingerprint density at radius 1 is 1.14 bits per heavy atom. The zero-order valence-electron chi connectivity index (χ0n) is 21.9. The third-order valence-corrected chi connectivity index (χ3v) is 6.45. The topological polar surface area (TPSA) is 102 Å². The average molecular weight is 504 g/mol. The van der Waals surface area contributed by atoms with E-state index < -0.39 is 11.6 Å². The van der Waals surface area contributed by atoms with Crippen molar-refractivity contribution in [2.45, 2.75) is 58.8 Å². The number of ether oxygens (including phenoxy) is 1. The van der Waals surface area contributed by atoms with Gasteiger partial charge in [-0.3, -0.25) is 9.59 Å². The Kier molecular flexibility index (Phi) is 7.61. The molecule has 2 amide bonds. The van der Waals surface area contributed by atoms with Gasteiger partial charge in [-0.15, -0.1) is 5.10 Å². The minimum atomic E-state index is -0.993. The van der Waals surface area contributed by atoms with Crippen LogP contribution in [-0.2, 0) is 22.7 Å². The molecule has 1 atom stereocenters. The van der Waals surface area contributed by atoms with E-state index >= 15 is 0 Å². The van der Waals surface area contributed by atoms with Gasteiger partial charge in [0, 0.05) is 12.1 Å². The lowest BCUT2D eigenvalue weighted by molar-refractivity contribution is -0.143. The maximum Gasteiger partial charge on any atom is 0.251 e. The SMILES string of the molecule is CCC(C)(C)NC(=O)[C@H](c1ccc(C)o1)N(Cc1cccc(OC)c1)C(=O)Cn1nnc2ccccc21. The van der Waals surface area contributed by atoms with Gasteiger partial charge >= 0.3 is 0 Å². The first-order chi connectivity index (χ1) is 17.7. The van der Waals surface area contributed by atoms with Crippen molar-refractivity contribution in [3.05, 3.63) is 77.7 Å². The smallest absolute Gasteiger partial charge is 0.251 e. The van der Waals surface area contributed by atoms with E-state index in [4.69, 9.17) is 9.15 Å². The average Bonchev–Trinajstić information content (AvgIpc) is 3.49. The maximum absolute atomic E-state index is 14.0. The molecule has 0 bridgehead atoms. The lowest BCUT2D eigenvalue weighted by atomic mass is 10.0. The molecule has 0 radical (unpaired) electrons. The summed E-state index contributed by atoms with van der Waals surface area (Å²) in [5.41, 5.74) is 1.77. The minimum absolute atomic E-state index is 0.0921. The van der Waals surface area contributed by atoms with Crippen molar-refractivity contribution in [2.75, 3.05) is 7.11 Å². The third kappa shape index (κ3) is 5.99. The number of benzene rings is 2. The van der Waals surface area contributed by atoms with E-state index in [9.17, 15) is 9.59 Å². The monoisotopic (exact) mass is 503 g/mol. The fourth-order valence-corrected chi connectivity index (χ4v) is 4.06. The Bertz CT molecular complexity index is 1390. The Morgan fingerprint density at radius 3 is 2.62 bits per heavy atom. The summed E-state index contributed by atoms with van der Waals surface area (Å²) in [6.07, 6.45) is 0.720. The fraction of sp³-hybridized carbons (Fsp3) is 0.357. The van der Waals surface area contributed by atoms with Crippen molar-refractivity contribution in [1.29, 1.82) is 0 Å². The summed E-state index contributed by atoms with van der Waals surface area (Å²) in [4.78, 5) is 29.3.